The van der Waals surface area contributed by atoms with Crippen molar-refractivity contribution in [1.82, 2.24) is 5.32 Å². The van der Waals surface area contributed by atoms with Crippen LogP contribution in [0.4, 0.5) is 0 Å². The highest BCUT2D eigenvalue weighted by atomic mass is 16.5. The number of hydrogen-bond donors (Lipinski definition) is 1. The largest absolute Gasteiger partial charge is 0.490 e. The highest BCUT2D eigenvalue weighted by Gasteiger charge is 2.23. The van der Waals surface area contributed by atoms with Crippen LogP contribution in [0.3, 0.4) is 0 Å². The standard InChI is InChI=1S/C13H19NO/c1-3-14-10(2)11-4-6-12(7-5-11)15-13-8-9-13/h4-7,10,13-14H,3,8-9H2,1-2H3. The van der Waals surface area contributed by atoms with E-state index in [0.29, 0.717) is 12.1 Å². The van der Waals surface area contributed by atoms with Crippen molar-refractivity contribution in [3.63, 3.8) is 0 Å². The maximum atomic E-state index is 5.70. The zero-order valence-corrected chi connectivity index (χ0v) is 9.49. The van der Waals surface area contributed by atoms with Crippen LogP contribution < -0.4 is 10.1 Å². The Morgan fingerprint density at radius 2 is 2.00 bits per heavy atom. The summed E-state index contributed by atoms with van der Waals surface area (Å²) in [5, 5.41) is 3.39. The van der Waals surface area contributed by atoms with E-state index in [-0.39, 0.29) is 0 Å². The molecular weight excluding hydrogens is 186 g/mol. The molecule has 0 aromatic heterocycles. The van der Waals surface area contributed by atoms with E-state index in [2.05, 4.69) is 43.4 Å². The van der Waals surface area contributed by atoms with Crippen molar-refractivity contribution in [2.45, 2.75) is 38.8 Å². The van der Waals surface area contributed by atoms with Gasteiger partial charge in [0.1, 0.15) is 5.75 Å². The second-order valence-electron chi connectivity index (χ2n) is 4.17. The molecule has 1 fully saturated rings. The van der Waals surface area contributed by atoms with Gasteiger partial charge in [-0.2, -0.15) is 0 Å². The summed E-state index contributed by atoms with van der Waals surface area (Å²) in [4.78, 5) is 0. The van der Waals surface area contributed by atoms with Crippen molar-refractivity contribution in [2.24, 2.45) is 0 Å². The van der Waals surface area contributed by atoms with Gasteiger partial charge in [-0.1, -0.05) is 19.1 Å². The van der Waals surface area contributed by atoms with Crippen LogP contribution >= 0.6 is 0 Å². The van der Waals surface area contributed by atoms with Gasteiger partial charge in [-0.05, 0) is 44.0 Å². The second kappa shape index (κ2) is 4.67. The summed E-state index contributed by atoms with van der Waals surface area (Å²) in [6, 6.07) is 8.85. The van der Waals surface area contributed by atoms with E-state index < -0.39 is 0 Å². The number of benzene rings is 1. The highest BCUT2D eigenvalue weighted by molar-refractivity contribution is 5.29. The van der Waals surface area contributed by atoms with Gasteiger partial charge in [0.2, 0.25) is 0 Å². The topological polar surface area (TPSA) is 21.3 Å². The first-order valence-corrected chi connectivity index (χ1v) is 5.79. The number of nitrogens with one attached hydrogen (secondary N) is 1. The van der Waals surface area contributed by atoms with Crippen molar-refractivity contribution >= 4 is 0 Å². The molecule has 0 saturated heterocycles. The van der Waals surface area contributed by atoms with E-state index in [1.165, 1.54) is 18.4 Å². The molecule has 0 heterocycles. The SMILES string of the molecule is CCNC(C)c1ccc(OC2CC2)cc1. The molecule has 0 aliphatic heterocycles. The average molecular weight is 205 g/mol. The Kier molecular flexibility index (Phi) is 3.27. The van der Waals surface area contributed by atoms with Gasteiger partial charge in [0.15, 0.2) is 0 Å². The fourth-order valence-corrected chi connectivity index (χ4v) is 1.64. The van der Waals surface area contributed by atoms with Crippen LogP contribution in [0.1, 0.15) is 38.3 Å². The van der Waals surface area contributed by atoms with Crippen LogP contribution in [0.25, 0.3) is 0 Å². The predicted octanol–water partition coefficient (Wildman–Crippen LogP) is 2.90. The highest BCUT2D eigenvalue weighted by Crippen LogP contribution is 2.27. The van der Waals surface area contributed by atoms with Gasteiger partial charge in [0, 0.05) is 6.04 Å². The van der Waals surface area contributed by atoms with E-state index in [9.17, 15) is 0 Å². The first-order valence-electron chi connectivity index (χ1n) is 5.79. The minimum Gasteiger partial charge on any atom is -0.490 e. The third-order valence-electron chi connectivity index (χ3n) is 2.72. The molecule has 0 radical (unpaired) electrons. The van der Waals surface area contributed by atoms with Crippen molar-refractivity contribution < 1.29 is 4.74 Å². The molecule has 1 saturated carbocycles. The van der Waals surface area contributed by atoms with Crippen LogP contribution in [0.5, 0.6) is 5.75 Å². The molecular formula is C13H19NO. The van der Waals surface area contributed by atoms with E-state index in [1.54, 1.807) is 0 Å². The van der Waals surface area contributed by atoms with Crippen LogP contribution in [-0.4, -0.2) is 12.6 Å². The van der Waals surface area contributed by atoms with Crippen molar-refractivity contribution in [2.75, 3.05) is 6.54 Å². The normalized spacial score (nSPS) is 17.5. The Morgan fingerprint density at radius 3 is 2.53 bits per heavy atom. The molecule has 2 nitrogen and oxygen atoms in total. The Balaban J connectivity index is 1.95. The lowest BCUT2D eigenvalue weighted by atomic mass is 10.1. The Hall–Kier alpha value is -1.02. The monoisotopic (exact) mass is 205 g/mol. The molecule has 1 N–H and O–H groups in total. The lowest BCUT2D eigenvalue weighted by Gasteiger charge is -2.13. The third-order valence-corrected chi connectivity index (χ3v) is 2.72. The minimum atomic E-state index is 0.421. The Bertz CT molecular complexity index is 303. The zero-order chi connectivity index (χ0) is 10.7. The first-order chi connectivity index (χ1) is 7.29. The number of rotatable bonds is 5. The summed E-state index contributed by atoms with van der Waals surface area (Å²) in [6.45, 7) is 5.31. The summed E-state index contributed by atoms with van der Waals surface area (Å²) in [7, 11) is 0. The van der Waals surface area contributed by atoms with Gasteiger partial charge in [0.25, 0.3) is 0 Å². The summed E-state index contributed by atoms with van der Waals surface area (Å²) in [5.41, 5.74) is 1.32. The van der Waals surface area contributed by atoms with E-state index in [1.807, 2.05) is 0 Å². The van der Waals surface area contributed by atoms with Crippen molar-refractivity contribution in [1.29, 1.82) is 0 Å². The van der Waals surface area contributed by atoms with Gasteiger partial charge in [-0.15, -0.1) is 0 Å². The van der Waals surface area contributed by atoms with E-state index in [0.717, 1.165) is 12.3 Å². The molecule has 2 heteroatoms. The predicted molar refractivity (Wildman–Crippen MR) is 62.2 cm³/mol. The van der Waals surface area contributed by atoms with Crippen LogP contribution in [0.2, 0.25) is 0 Å². The Labute approximate surface area is 91.6 Å². The molecule has 0 spiro atoms. The molecule has 0 amide bonds. The van der Waals surface area contributed by atoms with Gasteiger partial charge < -0.3 is 10.1 Å². The molecule has 1 unspecified atom stereocenters. The van der Waals surface area contributed by atoms with Gasteiger partial charge in [-0.3, -0.25) is 0 Å². The van der Waals surface area contributed by atoms with E-state index in [4.69, 9.17) is 4.74 Å². The molecule has 1 aromatic carbocycles. The zero-order valence-electron chi connectivity index (χ0n) is 9.49. The van der Waals surface area contributed by atoms with Crippen molar-refractivity contribution in [3.8, 4) is 5.75 Å². The molecule has 15 heavy (non-hydrogen) atoms. The van der Waals surface area contributed by atoms with Gasteiger partial charge in [-0.25, -0.2) is 0 Å². The smallest absolute Gasteiger partial charge is 0.119 e. The summed E-state index contributed by atoms with van der Waals surface area (Å²) in [5.74, 6) is 1.00. The number of hydrogen-bond acceptors (Lipinski definition) is 2. The van der Waals surface area contributed by atoms with Crippen LogP contribution in [0.15, 0.2) is 24.3 Å². The second-order valence-corrected chi connectivity index (χ2v) is 4.17. The third kappa shape index (κ3) is 2.96. The molecule has 1 aliphatic carbocycles. The lowest BCUT2D eigenvalue weighted by Crippen LogP contribution is -2.17. The molecule has 2 rings (SSSR count). The quantitative estimate of drug-likeness (QED) is 0.798. The van der Waals surface area contributed by atoms with Crippen molar-refractivity contribution in [3.05, 3.63) is 29.8 Å². The summed E-state index contributed by atoms with van der Waals surface area (Å²) < 4.78 is 5.70. The molecule has 82 valence electrons. The number of ether oxygens (including phenoxy) is 1. The maximum absolute atomic E-state index is 5.70. The average Bonchev–Trinajstić information content (AvgIpc) is 3.03. The first kappa shape index (κ1) is 10.5. The molecule has 1 aliphatic rings. The Morgan fingerprint density at radius 1 is 1.33 bits per heavy atom. The minimum absolute atomic E-state index is 0.421. The molecule has 1 atom stereocenters. The summed E-state index contributed by atoms with van der Waals surface area (Å²) >= 11 is 0. The van der Waals surface area contributed by atoms with Crippen LogP contribution in [0, 0.1) is 0 Å². The molecule has 0 bridgehead atoms. The van der Waals surface area contributed by atoms with Crippen LogP contribution in [-0.2, 0) is 0 Å². The molecule has 1 aromatic rings. The van der Waals surface area contributed by atoms with E-state index >= 15 is 0 Å². The fraction of sp³-hybridized carbons (Fsp3) is 0.538. The maximum Gasteiger partial charge on any atom is 0.119 e. The van der Waals surface area contributed by atoms with Gasteiger partial charge >= 0.3 is 0 Å². The fourth-order valence-electron chi connectivity index (χ4n) is 1.64. The lowest BCUT2D eigenvalue weighted by molar-refractivity contribution is 0.303. The van der Waals surface area contributed by atoms with Gasteiger partial charge in [0.05, 0.1) is 6.10 Å². The summed E-state index contributed by atoms with van der Waals surface area (Å²) in [6.07, 6.45) is 2.92.